The van der Waals surface area contributed by atoms with Gasteiger partial charge in [-0.25, -0.2) is 9.37 Å². The lowest BCUT2D eigenvalue weighted by molar-refractivity contribution is -0.128. The number of halogens is 2. The minimum atomic E-state index is -0.764. The highest BCUT2D eigenvalue weighted by Crippen LogP contribution is 2.47. The Morgan fingerprint density at radius 2 is 2.00 bits per heavy atom. The number of fused-ring (bicyclic) bond motifs is 2. The van der Waals surface area contributed by atoms with Crippen LogP contribution in [0.3, 0.4) is 0 Å². The maximum atomic E-state index is 15.2. The number of hydrogen-bond acceptors (Lipinski definition) is 7. The summed E-state index contributed by atoms with van der Waals surface area (Å²) in [5, 5.41) is 10.5. The highest BCUT2D eigenvalue weighted by atomic mass is 35.5. The van der Waals surface area contributed by atoms with Crippen molar-refractivity contribution in [2.75, 3.05) is 38.2 Å². The lowest BCUT2D eigenvalue weighted by Gasteiger charge is -2.39. The molecule has 0 unspecified atom stereocenters. The summed E-state index contributed by atoms with van der Waals surface area (Å²) in [4.78, 5) is 49.1. The lowest BCUT2D eigenvalue weighted by atomic mass is 10.0. The van der Waals surface area contributed by atoms with Gasteiger partial charge >= 0.3 is 0 Å². The van der Waals surface area contributed by atoms with Gasteiger partial charge in [-0.3, -0.25) is 14.4 Å². The maximum Gasteiger partial charge on any atom is 0.261 e. The standard InChI is InChI=1S/C31H33ClFN5O5/c1-7-21(40)37-11-12-38-18(14-37)15-43-29-24(31(38)42)30(34-26(25(29)32)23-19(33)9-8-10-20(23)39)36(6)28-17(4)13-22(41)35(5)27(28)16(2)3/h7-10,13,16,18,39H,1,11-12,14-15H2,2-6H3/t18-/m1/s1. The average molecular weight is 610 g/mol. The Morgan fingerprint density at radius 3 is 2.65 bits per heavy atom. The molecule has 4 heterocycles. The zero-order valence-electron chi connectivity index (χ0n) is 24.6. The van der Waals surface area contributed by atoms with Gasteiger partial charge in [0, 0.05) is 45.5 Å². The molecule has 3 aromatic rings. The summed E-state index contributed by atoms with van der Waals surface area (Å²) in [6.07, 6.45) is 1.23. The molecule has 0 aliphatic carbocycles. The zero-order chi connectivity index (χ0) is 31.3. The molecule has 2 amide bonds. The smallest absolute Gasteiger partial charge is 0.261 e. The number of pyridine rings is 2. The first-order valence-electron chi connectivity index (χ1n) is 13.9. The Morgan fingerprint density at radius 1 is 1.28 bits per heavy atom. The molecule has 1 atom stereocenters. The number of anilines is 2. The van der Waals surface area contributed by atoms with Gasteiger partial charge in [-0.15, -0.1) is 0 Å². The van der Waals surface area contributed by atoms with Crippen LogP contribution in [0, 0.1) is 12.7 Å². The number of aromatic hydroxyl groups is 1. The van der Waals surface area contributed by atoms with Crippen molar-refractivity contribution in [3.63, 3.8) is 0 Å². The van der Waals surface area contributed by atoms with Gasteiger partial charge in [0.25, 0.3) is 11.5 Å². The van der Waals surface area contributed by atoms with Crippen molar-refractivity contribution in [3.05, 3.63) is 74.9 Å². The molecule has 0 spiro atoms. The molecule has 1 fully saturated rings. The molecule has 2 aliphatic heterocycles. The summed E-state index contributed by atoms with van der Waals surface area (Å²) in [6, 6.07) is 4.85. The van der Waals surface area contributed by atoms with Crippen LogP contribution in [0.15, 0.2) is 41.7 Å². The van der Waals surface area contributed by atoms with Crippen LogP contribution in [0.4, 0.5) is 15.9 Å². The molecule has 12 heteroatoms. The number of benzene rings is 1. The van der Waals surface area contributed by atoms with Gasteiger partial charge in [-0.05, 0) is 36.6 Å². The Kier molecular flexibility index (Phi) is 7.95. The van der Waals surface area contributed by atoms with Crippen LogP contribution in [-0.4, -0.2) is 75.6 Å². The van der Waals surface area contributed by atoms with Crippen molar-refractivity contribution in [3.8, 4) is 22.8 Å². The largest absolute Gasteiger partial charge is 0.507 e. The topological polar surface area (TPSA) is 108 Å². The van der Waals surface area contributed by atoms with E-state index in [-0.39, 0.29) is 76.2 Å². The number of rotatable bonds is 5. The fraction of sp³-hybridized carbons (Fsp3) is 0.355. The van der Waals surface area contributed by atoms with Crippen LogP contribution in [0.5, 0.6) is 11.5 Å². The van der Waals surface area contributed by atoms with Gasteiger partial charge in [-0.1, -0.05) is 38.1 Å². The molecule has 2 aliphatic rings. The molecule has 0 radical (unpaired) electrons. The SMILES string of the molecule is C=CC(=O)N1CCN2C(=O)c3c(N(C)c4c(C)cc(=O)n(C)c4C(C)C)nc(-c4c(O)cccc4F)c(Cl)c3OC[C@H]2C1. The molecule has 2 aromatic heterocycles. The van der Waals surface area contributed by atoms with Crippen molar-refractivity contribution in [2.45, 2.75) is 32.7 Å². The summed E-state index contributed by atoms with van der Waals surface area (Å²) in [5.74, 6) is -1.82. The molecule has 0 bridgehead atoms. The van der Waals surface area contributed by atoms with Crippen LogP contribution < -0.4 is 15.2 Å². The Labute approximate surface area is 253 Å². The van der Waals surface area contributed by atoms with Crippen LogP contribution >= 0.6 is 11.6 Å². The predicted octanol–water partition coefficient (Wildman–Crippen LogP) is 4.38. The summed E-state index contributed by atoms with van der Waals surface area (Å²) in [6.45, 7) is 10.0. The highest BCUT2D eigenvalue weighted by Gasteiger charge is 2.41. The van der Waals surface area contributed by atoms with Gasteiger partial charge in [0.1, 0.15) is 40.3 Å². The first-order valence-corrected chi connectivity index (χ1v) is 14.3. The van der Waals surface area contributed by atoms with E-state index >= 15 is 4.39 Å². The molecule has 10 nitrogen and oxygen atoms in total. The number of carbonyl (C=O) groups is 2. The van der Waals surface area contributed by atoms with Crippen molar-refractivity contribution >= 4 is 34.9 Å². The van der Waals surface area contributed by atoms with Crippen LogP contribution in [-0.2, 0) is 11.8 Å². The normalized spacial score (nSPS) is 16.4. The van der Waals surface area contributed by atoms with Crippen molar-refractivity contribution in [1.29, 1.82) is 0 Å². The van der Waals surface area contributed by atoms with E-state index < -0.39 is 17.8 Å². The second-order valence-corrected chi connectivity index (χ2v) is 11.4. The van der Waals surface area contributed by atoms with Crippen molar-refractivity contribution in [1.82, 2.24) is 19.4 Å². The van der Waals surface area contributed by atoms with Crippen molar-refractivity contribution in [2.24, 2.45) is 7.05 Å². The number of nitrogens with zero attached hydrogens (tertiary/aromatic N) is 5. The number of phenolic OH excluding ortho intramolecular Hbond substituents is 1. The Bertz CT molecular complexity index is 1700. The van der Waals surface area contributed by atoms with Crippen LogP contribution in [0.1, 0.15) is 41.4 Å². The lowest BCUT2D eigenvalue weighted by Crippen LogP contribution is -2.57. The fourth-order valence-corrected chi connectivity index (χ4v) is 6.25. The van der Waals surface area contributed by atoms with E-state index in [1.54, 1.807) is 40.3 Å². The predicted molar refractivity (Wildman–Crippen MR) is 162 cm³/mol. The first-order chi connectivity index (χ1) is 20.4. The van der Waals surface area contributed by atoms with Crippen LogP contribution in [0.25, 0.3) is 11.3 Å². The van der Waals surface area contributed by atoms with Crippen molar-refractivity contribution < 1.29 is 23.8 Å². The number of hydrogen-bond donors (Lipinski definition) is 1. The van der Waals surface area contributed by atoms with Gasteiger partial charge in [0.2, 0.25) is 5.91 Å². The molecule has 1 aromatic carbocycles. The van der Waals surface area contributed by atoms with E-state index in [4.69, 9.17) is 21.3 Å². The van der Waals surface area contributed by atoms with Gasteiger partial charge in [0.15, 0.2) is 5.75 Å². The summed E-state index contributed by atoms with van der Waals surface area (Å²) < 4.78 is 23.0. The highest BCUT2D eigenvalue weighted by molar-refractivity contribution is 6.35. The molecule has 0 saturated carbocycles. The van der Waals surface area contributed by atoms with Gasteiger partial charge in [0.05, 0.1) is 17.3 Å². The van der Waals surface area contributed by atoms with Gasteiger partial charge in [-0.2, -0.15) is 0 Å². The van der Waals surface area contributed by atoms with E-state index in [2.05, 4.69) is 6.58 Å². The molecule has 1 saturated heterocycles. The van der Waals surface area contributed by atoms with E-state index in [0.29, 0.717) is 23.5 Å². The second-order valence-electron chi connectivity index (χ2n) is 11.1. The number of aromatic nitrogens is 2. The van der Waals surface area contributed by atoms with E-state index in [9.17, 15) is 19.5 Å². The zero-order valence-corrected chi connectivity index (χ0v) is 25.4. The molecule has 1 N–H and O–H groups in total. The molecule has 226 valence electrons. The Balaban J connectivity index is 1.78. The molecular weight excluding hydrogens is 577 g/mol. The van der Waals surface area contributed by atoms with E-state index in [1.165, 1.54) is 30.3 Å². The average Bonchev–Trinajstić information content (AvgIpc) is 3.11. The number of amides is 2. The molecule has 5 rings (SSSR count). The number of aryl methyl sites for hydroxylation is 1. The third-order valence-electron chi connectivity index (χ3n) is 8.02. The fourth-order valence-electron chi connectivity index (χ4n) is 5.96. The Hall–Kier alpha value is -4.38. The van der Waals surface area contributed by atoms with E-state index in [0.717, 1.165) is 0 Å². The number of phenols is 1. The minimum absolute atomic E-state index is 0.00531. The van der Waals surface area contributed by atoms with Gasteiger partial charge < -0.3 is 29.1 Å². The number of ether oxygens (including phenoxy) is 1. The van der Waals surface area contributed by atoms with E-state index in [1.807, 2.05) is 13.8 Å². The monoisotopic (exact) mass is 609 g/mol. The van der Waals surface area contributed by atoms with Crippen LogP contribution in [0.2, 0.25) is 5.02 Å². The quantitative estimate of drug-likeness (QED) is 0.428. The first kappa shape index (κ1) is 30.1. The summed E-state index contributed by atoms with van der Waals surface area (Å²) in [7, 11) is 3.38. The molecular formula is C31H33ClFN5O5. The maximum absolute atomic E-state index is 15.2. The summed E-state index contributed by atoms with van der Waals surface area (Å²) in [5.41, 5.74) is 1.49. The second kappa shape index (κ2) is 11.4. The summed E-state index contributed by atoms with van der Waals surface area (Å²) >= 11 is 6.85. The number of carbonyl (C=O) groups excluding carboxylic acids is 2. The third-order valence-corrected chi connectivity index (χ3v) is 8.37. The number of piperazine rings is 1. The minimum Gasteiger partial charge on any atom is -0.507 e. The third kappa shape index (κ3) is 5.01. The molecule has 43 heavy (non-hydrogen) atoms.